The number of benzene rings is 1. The van der Waals surface area contributed by atoms with Crippen LogP contribution in [-0.2, 0) is 0 Å². The second kappa shape index (κ2) is 3.68. The standard InChI is InChI=1S/C11H14F2N2/c1-6-2-7(6)5-15-11-9(12)3-8(14)4-10(11)13/h3-4,6-7,15H,2,5,14H2,1H3. The fourth-order valence-electron chi connectivity index (χ4n) is 1.68. The molecule has 1 aromatic carbocycles. The molecular formula is C11H14F2N2. The van der Waals surface area contributed by atoms with Crippen LogP contribution in [-0.4, -0.2) is 6.54 Å². The van der Waals surface area contributed by atoms with E-state index < -0.39 is 11.6 Å². The molecule has 0 amide bonds. The minimum atomic E-state index is -0.624. The van der Waals surface area contributed by atoms with E-state index in [1.807, 2.05) is 0 Å². The molecule has 82 valence electrons. The summed E-state index contributed by atoms with van der Waals surface area (Å²) < 4.78 is 26.6. The minimum Gasteiger partial charge on any atom is -0.399 e. The van der Waals surface area contributed by atoms with Crippen LogP contribution in [0.1, 0.15) is 13.3 Å². The van der Waals surface area contributed by atoms with E-state index in [0.29, 0.717) is 18.4 Å². The van der Waals surface area contributed by atoms with Crippen molar-refractivity contribution in [3.63, 3.8) is 0 Å². The molecule has 0 spiro atoms. The molecule has 2 unspecified atom stereocenters. The van der Waals surface area contributed by atoms with E-state index in [2.05, 4.69) is 12.2 Å². The van der Waals surface area contributed by atoms with E-state index >= 15 is 0 Å². The minimum absolute atomic E-state index is 0.0664. The third-order valence-electron chi connectivity index (χ3n) is 2.88. The Bertz CT molecular complexity index is 356. The first-order chi connectivity index (χ1) is 7.08. The van der Waals surface area contributed by atoms with Crippen LogP contribution < -0.4 is 11.1 Å². The van der Waals surface area contributed by atoms with E-state index in [4.69, 9.17) is 5.73 Å². The van der Waals surface area contributed by atoms with Gasteiger partial charge >= 0.3 is 0 Å². The van der Waals surface area contributed by atoms with Gasteiger partial charge in [-0.3, -0.25) is 0 Å². The van der Waals surface area contributed by atoms with Gasteiger partial charge < -0.3 is 11.1 Å². The molecule has 2 rings (SSSR count). The third kappa shape index (κ3) is 2.19. The van der Waals surface area contributed by atoms with Crippen molar-refractivity contribution < 1.29 is 8.78 Å². The molecule has 1 aromatic rings. The molecule has 0 aliphatic heterocycles. The van der Waals surface area contributed by atoms with Crippen molar-refractivity contribution in [2.24, 2.45) is 11.8 Å². The molecule has 1 saturated carbocycles. The van der Waals surface area contributed by atoms with E-state index in [1.54, 1.807) is 0 Å². The van der Waals surface area contributed by atoms with Gasteiger partial charge in [-0.25, -0.2) is 8.78 Å². The maximum absolute atomic E-state index is 13.3. The van der Waals surface area contributed by atoms with Gasteiger partial charge in [0.05, 0.1) is 0 Å². The number of halogens is 2. The number of nitrogens with one attached hydrogen (secondary N) is 1. The van der Waals surface area contributed by atoms with E-state index in [-0.39, 0.29) is 11.4 Å². The molecule has 1 fully saturated rings. The smallest absolute Gasteiger partial charge is 0.151 e. The zero-order valence-electron chi connectivity index (χ0n) is 8.56. The van der Waals surface area contributed by atoms with Gasteiger partial charge in [0.25, 0.3) is 0 Å². The van der Waals surface area contributed by atoms with Crippen LogP contribution in [0.5, 0.6) is 0 Å². The first-order valence-electron chi connectivity index (χ1n) is 5.06. The fourth-order valence-corrected chi connectivity index (χ4v) is 1.68. The number of anilines is 2. The molecule has 0 saturated heterocycles. The lowest BCUT2D eigenvalue weighted by atomic mass is 10.2. The van der Waals surface area contributed by atoms with Crippen LogP contribution in [0.15, 0.2) is 12.1 Å². The number of rotatable bonds is 3. The van der Waals surface area contributed by atoms with Crippen LogP contribution in [0, 0.1) is 23.5 Å². The normalized spacial score (nSPS) is 23.9. The topological polar surface area (TPSA) is 38.0 Å². The average Bonchev–Trinajstić information content (AvgIpc) is 2.80. The second-order valence-corrected chi connectivity index (χ2v) is 4.21. The Morgan fingerprint density at radius 2 is 1.93 bits per heavy atom. The highest BCUT2D eigenvalue weighted by atomic mass is 19.1. The van der Waals surface area contributed by atoms with Gasteiger partial charge in [-0.05, 0) is 30.4 Å². The molecule has 2 atom stereocenters. The van der Waals surface area contributed by atoms with Gasteiger partial charge in [-0.15, -0.1) is 0 Å². The van der Waals surface area contributed by atoms with Crippen LogP contribution >= 0.6 is 0 Å². The Kier molecular flexibility index (Phi) is 2.50. The second-order valence-electron chi connectivity index (χ2n) is 4.21. The van der Waals surface area contributed by atoms with Gasteiger partial charge in [0.1, 0.15) is 5.69 Å². The predicted molar refractivity (Wildman–Crippen MR) is 56.5 cm³/mol. The van der Waals surface area contributed by atoms with E-state index in [1.165, 1.54) is 0 Å². The molecule has 4 heteroatoms. The highest BCUT2D eigenvalue weighted by Gasteiger charge is 2.32. The Hall–Kier alpha value is -1.32. The Balaban J connectivity index is 2.06. The third-order valence-corrected chi connectivity index (χ3v) is 2.88. The van der Waals surface area contributed by atoms with Crippen molar-refractivity contribution in [1.82, 2.24) is 0 Å². The number of nitrogen functional groups attached to an aromatic ring is 1. The average molecular weight is 212 g/mol. The first-order valence-corrected chi connectivity index (χ1v) is 5.06. The molecular weight excluding hydrogens is 198 g/mol. The van der Waals surface area contributed by atoms with Crippen LogP contribution in [0.2, 0.25) is 0 Å². The number of hydrogen-bond acceptors (Lipinski definition) is 2. The Morgan fingerprint density at radius 1 is 1.40 bits per heavy atom. The predicted octanol–water partition coefficient (Wildman–Crippen LogP) is 2.61. The maximum Gasteiger partial charge on any atom is 0.151 e. The maximum atomic E-state index is 13.3. The summed E-state index contributed by atoms with van der Waals surface area (Å²) in [6.45, 7) is 2.75. The van der Waals surface area contributed by atoms with Crippen LogP contribution in [0.4, 0.5) is 20.2 Å². The lowest BCUT2D eigenvalue weighted by Gasteiger charge is -2.08. The molecule has 1 aliphatic carbocycles. The van der Waals surface area contributed by atoms with Crippen molar-refractivity contribution in [3.05, 3.63) is 23.8 Å². The Morgan fingerprint density at radius 3 is 2.40 bits per heavy atom. The summed E-state index contributed by atoms with van der Waals surface area (Å²) in [5, 5.41) is 2.80. The highest BCUT2D eigenvalue weighted by molar-refractivity contribution is 5.54. The lowest BCUT2D eigenvalue weighted by molar-refractivity contribution is 0.587. The monoisotopic (exact) mass is 212 g/mol. The lowest BCUT2D eigenvalue weighted by Crippen LogP contribution is -2.08. The van der Waals surface area contributed by atoms with Gasteiger partial charge in [-0.1, -0.05) is 6.92 Å². The molecule has 0 aromatic heterocycles. The largest absolute Gasteiger partial charge is 0.399 e. The van der Waals surface area contributed by atoms with Crippen molar-refractivity contribution in [3.8, 4) is 0 Å². The molecule has 0 bridgehead atoms. The molecule has 2 nitrogen and oxygen atoms in total. The van der Waals surface area contributed by atoms with E-state index in [9.17, 15) is 8.78 Å². The van der Waals surface area contributed by atoms with Crippen LogP contribution in [0.3, 0.4) is 0 Å². The van der Waals surface area contributed by atoms with Gasteiger partial charge in [-0.2, -0.15) is 0 Å². The summed E-state index contributed by atoms with van der Waals surface area (Å²) in [4.78, 5) is 0. The Labute approximate surface area is 87.5 Å². The SMILES string of the molecule is CC1CC1CNc1c(F)cc(N)cc1F. The van der Waals surface area contributed by atoms with E-state index in [0.717, 1.165) is 18.6 Å². The van der Waals surface area contributed by atoms with Crippen molar-refractivity contribution in [1.29, 1.82) is 0 Å². The highest BCUT2D eigenvalue weighted by Crippen LogP contribution is 2.37. The zero-order valence-corrected chi connectivity index (χ0v) is 8.56. The molecule has 0 heterocycles. The molecule has 15 heavy (non-hydrogen) atoms. The summed E-state index contributed by atoms with van der Waals surface area (Å²) in [7, 11) is 0. The van der Waals surface area contributed by atoms with Crippen molar-refractivity contribution >= 4 is 11.4 Å². The summed E-state index contributed by atoms with van der Waals surface area (Å²) in [6.07, 6.45) is 1.13. The number of nitrogens with two attached hydrogens (primary N) is 1. The van der Waals surface area contributed by atoms with Crippen LogP contribution in [0.25, 0.3) is 0 Å². The molecule has 3 N–H and O–H groups in total. The molecule has 0 radical (unpaired) electrons. The van der Waals surface area contributed by atoms with Gasteiger partial charge in [0.2, 0.25) is 0 Å². The van der Waals surface area contributed by atoms with Crippen molar-refractivity contribution in [2.75, 3.05) is 17.6 Å². The first kappa shape index (κ1) is 10.2. The zero-order chi connectivity index (χ0) is 11.0. The summed E-state index contributed by atoms with van der Waals surface area (Å²) in [5.74, 6) is -0.0413. The number of hydrogen-bond donors (Lipinski definition) is 2. The molecule has 1 aliphatic rings. The van der Waals surface area contributed by atoms with Gasteiger partial charge in [0.15, 0.2) is 11.6 Å². The summed E-state index contributed by atoms with van der Waals surface area (Å²) in [6, 6.07) is 2.25. The van der Waals surface area contributed by atoms with Gasteiger partial charge in [0, 0.05) is 12.2 Å². The summed E-state index contributed by atoms with van der Waals surface area (Å²) >= 11 is 0. The van der Waals surface area contributed by atoms with Crippen molar-refractivity contribution in [2.45, 2.75) is 13.3 Å². The quantitative estimate of drug-likeness (QED) is 0.756. The fraction of sp³-hybridized carbons (Fsp3) is 0.455. The summed E-state index contributed by atoms with van der Waals surface area (Å²) in [5.41, 5.74) is 5.35.